The molecule has 0 aromatic rings. The van der Waals surface area contributed by atoms with Gasteiger partial charge in [-0.05, 0) is 32.1 Å². The second kappa shape index (κ2) is 7.81. The first-order valence-electron chi connectivity index (χ1n) is 7.47. The summed E-state index contributed by atoms with van der Waals surface area (Å²) in [5.41, 5.74) is -0.351. The van der Waals surface area contributed by atoms with Crippen molar-refractivity contribution in [2.24, 2.45) is 17.3 Å². The lowest BCUT2D eigenvalue weighted by molar-refractivity contribution is -0.165. The van der Waals surface area contributed by atoms with E-state index in [1.807, 2.05) is 13.8 Å². The first-order valence-corrected chi connectivity index (χ1v) is 7.47. The van der Waals surface area contributed by atoms with Crippen LogP contribution in [0.3, 0.4) is 0 Å². The number of rotatable bonds is 8. The third kappa shape index (κ3) is 5.41. The van der Waals surface area contributed by atoms with E-state index in [0.29, 0.717) is 11.8 Å². The van der Waals surface area contributed by atoms with E-state index in [-0.39, 0.29) is 17.5 Å². The average molecular weight is 256 g/mol. The van der Waals surface area contributed by atoms with Gasteiger partial charge in [-0.3, -0.25) is 4.79 Å². The van der Waals surface area contributed by atoms with Gasteiger partial charge in [0.2, 0.25) is 0 Å². The van der Waals surface area contributed by atoms with Gasteiger partial charge in [-0.15, -0.1) is 0 Å². The predicted molar refractivity (Wildman–Crippen MR) is 77.5 cm³/mol. The molecule has 108 valence electrons. The molecule has 0 saturated carbocycles. The summed E-state index contributed by atoms with van der Waals surface area (Å²) < 4.78 is 5.79. The zero-order valence-electron chi connectivity index (χ0n) is 13.4. The molecule has 0 saturated heterocycles. The van der Waals surface area contributed by atoms with Crippen LogP contribution in [-0.2, 0) is 9.53 Å². The Balaban J connectivity index is 4.58. The molecule has 2 unspecified atom stereocenters. The Morgan fingerprint density at radius 1 is 1.17 bits per heavy atom. The van der Waals surface area contributed by atoms with E-state index in [0.717, 1.165) is 25.7 Å². The topological polar surface area (TPSA) is 26.3 Å². The molecule has 0 N–H and O–H groups in total. The molecular formula is C16H32O2. The van der Waals surface area contributed by atoms with Crippen molar-refractivity contribution in [2.45, 2.75) is 80.3 Å². The molecule has 2 heteroatoms. The van der Waals surface area contributed by atoms with Gasteiger partial charge in [0.05, 0.1) is 5.41 Å². The Hall–Kier alpha value is -0.530. The highest BCUT2D eigenvalue weighted by molar-refractivity contribution is 5.76. The summed E-state index contributed by atoms with van der Waals surface area (Å²) in [5, 5.41) is 0. The van der Waals surface area contributed by atoms with Gasteiger partial charge in [0.15, 0.2) is 0 Å². The maximum Gasteiger partial charge on any atom is 0.311 e. The maximum atomic E-state index is 12.3. The van der Waals surface area contributed by atoms with E-state index < -0.39 is 0 Å². The van der Waals surface area contributed by atoms with E-state index in [1.54, 1.807) is 0 Å². The van der Waals surface area contributed by atoms with Gasteiger partial charge >= 0.3 is 5.97 Å². The van der Waals surface area contributed by atoms with Crippen molar-refractivity contribution in [2.75, 3.05) is 0 Å². The van der Waals surface area contributed by atoms with Crippen molar-refractivity contribution >= 4 is 5.97 Å². The van der Waals surface area contributed by atoms with Crippen LogP contribution in [0.1, 0.15) is 74.1 Å². The summed E-state index contributed by atoms with van der Waals surface area (Å²) in [6.45, 7) is 14.7. The zero-order valence-corrected chi connectivity index (χ0v) is 13.4. The first-order chi connectivity index (χ1) is 8.26. The van der Waals surface area contributed by atoms with Crippen molar-refractivity contribution in [1.82, 2.24) is 0 Å². The van der Waals surface area contributed by atoms with Crippen molar-refractivity contribution in [3.8, 4) is 0 Å². The first kappa shape index (κ1) is 17.5. The normalized spacial score (nSPS) is 15.6. The molecule has 2 nitrogen and oxygen atoms in total. The van der Waals surface area contributed by atoms with Gasteiger partial charge in [-0.25, -0.2) is 0 Å². The summed E-state index contributed by atoms with van der Waals surface area (Å²) in [4.78, 5) is 12.3. The molecule has 0 aliphatic carbocycles. The standard InChI is InChI=1S/C16H32O2/c1-8-10-11-16(6,7)15(17)18-14(12(3)4)13(5)9-2/h12-14H,8-11H2,1-7H3. The fourth-order valence-corrected chi connectivity index (χ4v) is 2.15. The van der Waals surface area contributed by atoms with Crippen LogP contribution >= 0.6 is 0 Å². The molecule has 0 aliphatic heterocycles. The van der Waals surface area contributed by atoms with Gasteiger partial charge in [0.1, 0.15) is 6.10 Å². The monoisotopic (exact) mass is 256 g/mol. The van der Waals surface area contributed by atoms with Crippen LogP contribution < -0.4 is 0 Å². The van der Waals surface area contributed by atoms with Crippen LogP contribution in [0.15, 0.2) is 0 Å². The third-order valence-electron chi connectivity index (χ3n) is 3.81. The Labute approximate surface area is 113 Å². The lowest BCUT2D eigenvalue weighted by Crippen LogP contribution is -2.36. The largest absolute Gasteiger partial charge is 0.461 e. The average Bonchev–Trinajstić information content (AvgIpc) is 2.31. The minimum absolute atomic E-state index is 0.0325. The van der Waals surface area contributed by atoms with Gasteiger partial charge < -0.3 is 4.74 Å². The second-order valence-corrected chi connectivity index (χ2v) is 6.49. The van der Waals surface area contributed by atoms with Crippen LogP contribution in [0.25, 0.3) is 0 Å². The molecule has 0 aromatic carbocycles. The van der Waals surface area contributed by atoms with E-state index >= 15 is 0 Å². The Kier molecular flexibility index (Phi) is 7.58. The molecule has 0 fully saturated rings. The number of hydrogen-bond donors (Lipinski definition) is 0. The molecule has 0 rings (SSSR count). The van der Waals surface area contributed by atoms with Gasteiger partial charge in [-0.2, -0.15) is 0 Å². The summed E-state index contributed by atoms with van der Waals surface area (Å²) in [6.07, 6.45) is 4.20. The Morgan fingerprint density at radius 3 is 2.11 bits per heavy atom. The molecule has 2 atom stereocenters. The lowest BCUT2D eigenvalue weighted by Gasteiger charge is -2.31. The van der Waals surface area contributed by atoms with Crippen molar-refractivity contribution in [1.29, 1.82) is 0 Å². The number of carbonyl (C=O) groups excluding carboxylic acids is 1. The molecular weight excluding hydrogens is 224 g/mol. The van der Waals surface area contributed by atoms with E-state index in [2.05, 4.69) is 34.6 Å². The predicted octanol–water partition coefficient (Wildman–Crippen LogP) is 4.82. The summed E-state index contributed by atoms with van der Waals surface area (Å²) in [5.74, 6) is 0.775. The minimum Gasteiger partial charge on any atom is -0.461 e. The highest BCUT2D eigenvalue weighted by Crippen LogP contribution is 2.28. The second-order valence-electron chi connectivity index (χ2n) is 6.49. The van der Waals surface area contributed by atoms with Crippen LogP contribution in [0.5, 0.6) is 0 Å². The molecule has 18 heavy (non-hydrogen) atoms. The summed E-state index contributed by atoms with van der Waals surface area (Å²) in [6, 6.07) is 0. The van der Waals surface area contributed by atoms with Crippen LogP contribution in [0.2, 0.25) is 0 Å². The number of hydrogen-bond acceptors (Lipinski definition) is 2. The smallest absolute Gasteiger partial charge is 0.311 e. The summed E-state index contributed by atoms with van der Waals surface area (Å²) in [7, 11) is 0. The van der Waals surface area contributed by atoms with Gasteiger partial charge in [0.25, 0.3) is 0 Å². The quantitative estimate of drug-likeness (QED) is 0.582. The van der Waals surface area contributed by atoms with Crippen molar-refractivity contribution < 1.29 is 9.53 Å². The van der Waals surface area contributed by atoms with E-state index in [9.17, 15) is 4.79 Å². The van der Waals surface area contributed by atoms with Crippen LogP contribution in [-0.4, -0.2) is 12.1 Å². The van der Waals surface area contributed by atoms with Crippen LogP contribution in [0.4, 0.5) is 0 Å². The highest BCUT2D eigenvalue weighted by atomic mass is 16.5. The molecule has 0 heterocycles. The van der Waals surface area contributed by atoms with Crippen LogP contribution in [0, 0.1) is 17.3 Å². The number of ether oxygens (including phenoxy) is 1. The number of unbranched alkanes of at least 4 members (excludes halogenated alkanes) is 1. The molecule has 0 spiro atoms. The maximum absolute atomic E-state index is 12.3. The minimum atomic E-state index is -0.351. The summed E-state index contributed by atoms with van der Waals surface area (Å²) >= 11 is 0. The zero-order chi connectivity index (χ0) is 14.3. The third-order valence-corrected chi connectivity index (χ3v) is 3.81. The fraction of sp³-hybridized carbons (Fsp3) is 0.938. The number of esters is 1. The highest BCUT2D eigenvalue weighted by Gasteiger charge is 2.33. The Bertz CT molecular complexity index is 243. The SMILES string of the molecule is CCCCC(C)(C)C(=O)OC(C(C)C)C(C)CC. The van der Waals surface area contributed by atoms with Crippen molar-refractivity contribution in [3.63, 3.8) is 0 Å². The molecule has 0 aromatic heterocycles. The number of carbonyl (C=O) groups is 1. The Morgan fingerprint density at radius 2 is 1.72 bits per heavy atom. The van der Waals surface area contributed by atoms with Gasteiger partial charge in [0, 0.05) is 0 Å². The lowest BCUT2D eigenvalue weighted by atomic mass is 9.86. The molecule has 0 aliphatic rings. The molecule has 0 amide bonds. The molecule has 0 bridgehead atoms. The van der Waals surface area contributed by atoms with E-state index in [4.69, 9.17) is 4.74 Å². The molecule has 0 radical (unpaired) electrons. The fourth-order valence-electron chi connectivity index (χ4n) is 2.15. The van der Waals surface area contributed by atoms with E-state index in [1.165, 1.54) is 0 Å². The van der Waals surface area contributed by atoms with Gasteiger partial charge in [-0.1, -0.05) is 53.9 Å². The van der Waals surface area contributed by atoms with Crippen molar-refractivity contribution in [3.05, 3.63) is 0 Å².